The zero-order valence-electron chi connectivity index (χ0n) is 31.8. The summed E-state index contributed by atoms with van der Waals surface area (Å²) in [5.41, 5.74) is 3.49. The van der Waals surface area contributed by atoms with Crippen molar-refractivity contribution in [2.24, 2.45) is 11.8 Å². The molecule has 6 rings (SSSR count). The largest absolute Gasteiger partial charge is 0.462 e. The fourth-order valence-electron chi connectivity index (χ4n) is 9.14. The van der Waals surface area contributed by atoms with Gasteiger partial charge in [-0.15, -0.1) is 0 Å². The fourth-order valence-corrected chi connectivity index (χ4v) is 9.39. The van der Waals surface area contributed by atoms with E-state index < -0.39 is 22.8 Å². The number of hydrogen-bond acceptors (Lipinski definition) is 6. The molecule has 0 spiro atoms. The summed E-state index contributed by atoms with van der Waals surface area (Å²) < 4.78 is 12.1. The van der Waals surface area contributed by atoms with Crippen LogP contribution in [-0.4, -0.2) is 74.2 Å². The first kappa shape index (κ1) is 39.7. The highest BCUT2D eigenvalue weighted by Gasteiger charge is 2.46. The molecule has 2 aliphatic rings. The van der Waals surface area contributed by atoms with Gasteiger partial charge in [0.2, 0.25) is 0 Å². The number of halogens is 2. The number of rotatable bonds is 14. The lowest BCUT2D eigenvalue weighted by atomic mass is 9.64. The first-order valence-corrected chi connectivity index (χ1v) is 19.8. The van der Waals surface area contributed by atoms with Crippen molar-refractivity contribution in [2.75, 3.05) is 40.4 Å². The van der Waals surface area contributed by atoms with Crippen molar-refractivity contribution in [3.05, 3.63) is 154 Å². The Bertz CT molecular complexity index is 1730. The van der Waals surface area contributed by atoms with Crippen LogP contribution >= 0.6 is 23.2 Å². The molecule has 0 radical (unpaired) electrons. The van der Waals surface area contributed by atoms with E-state index in [9.17, 15) is 9.59 Å². The van der Waals surface area contributed by atoms with E-state index in [0.29, 0.717) is 10.0 Å². The van der Waals surface area contributed by atoms with Crippen LogP contribution in [0.3, 0.4) is 0 Å². The smallest absolute Gasteiger partial charge is 0.331 e. The van der Waals surface area contributed by atoms with Crippen LogP contribution in [-0.2, 0) is 29.9 Å². The maximum Gasteiger partial charge on any atom is 0.331 e. The molecule has 0 aliphatic carbocycles. The lowest BCUT2D eigenvalue weighted by Gasteiger charge is -2.43. The zero-order valence-corrected chi connectivity index (χ0v) is 33.3. The molecule has 6 nitrogen and oxygen atoms in total. The first-order valence-electron chi connectivity index (χ1n) is 19.1. The predicted molar refractivity (Wildman–Crippen MR) is 218 cm³/mol. The van der Waals surface area contributed by atoms with E-state index >= 15 is 0 Å². The van der Waals surface area contributed by atoms with E-state index in [2.05, 4.69) is 86.3 Å². The van der Waals surface area contributed by atoms with Crippen molar-refractivity contribution >= 4 is 35.1 Å². The van der Waals surface area contributed by atoms with Gasteiger partial charge in [0.05, 0.1) is 13.2 Å². The fraction of sp³-hybridized carbons (Fsp3) is 0.391. The van der Waals surface area contributed by atoms with Gasteiger partial charge in [-0.2, -0.15) is 0 Å². The van der Waals surface area contributed by atoms with Crippen LogP contribution < -0.4 is 0 Å². The van der Waals surface area contributed by atoms with Crippen LogP contribution in [0.5, 0.6) is 0 Å². The summed E-state index contributed by atoms with van der Waals surface area (Å²) in [6.45, 7) is 6.77. The molecule has 0 aromatic heterocycles. The minimum atomic E-state index is -0.577. The molecule has 2 heterocycles. The number of benzene rings is 4. The van der Waals surface area contributed by atoms with Gasteiger partial charge in [-0.05, 0) is 99.4 Å². The molecule has 0 saturated carbocycles. The SMILES string of the molecule is CN1CCCC1C(COC(=O)/C=C/C(=O)OCC(C1CCCN1C)C(C)(c1ccccc1)c1ccc(Cl)cc1)C(C)(c1ccccc1)c1ccc(Cl)cc1. The van der Waals surface area contributed by atoms with Crippen LogP contribution in [0.15, 0.2) is 121 Å². The van der Waals surface area contributed by atoms with Gasteiger partial charge >= 0.3 is 11.9 Å². The third-order valence-electron chi connectivity index (χ3n) is 12.4. The van der Waals surface area contributed by atoms with Crippen molar-refractivity contribution in [3.63, 3.8) is 0 Å². The van der Waals surface area contributed by atoms with Gasteiger partial charge in [0, 0.05) is 56.9 Å². The molecule has 0 bridgehead atoms. The van der Waals surface area contributed by atoms with Crippen LogP contribution in [0.25, 0.3) is 0 Å². The number of esters is 2. The second-order valence-corrected chi connectivity index (χ2v) is 16.2. The normalized spacial score (nSPS) is 21.3. The van der Waals surface area contributed by atoms with Gasteiger partial charge in [-0.3, -0.25) is 0 Å². The Balaban J connectivity index is 1.20. The Morgan fingerprint density at radius 1 is 0.611 bits per heavy atom. The molecule has 2 aliphatic heterocycles. The lowest BCUT2D eigenvalue weighted by Crippen LogP contribution is -2.48. The number of carbonyl (C=O) groups is 2. The Morgan fingerprint density at radius 2 is 0.944 bits per heavy atom. The van der Waals surface area contributed by atoms with E-state index in [1.165, 1.54) is 12.2 Å². The summed E-state index contributed by atoms with van der Waals surface area (Å²) in [4.78, 5) is 31.5. The number of ether oxygens (including phenoxy) is 2. The zero-order chi connectivity index (χ0) is 38.3. The van der Waals surface area contributed by atoms with Crippen LogP contribution in [0.4, 0.5) is 0 Å². The van der Waals surface area contributed by atoms with Crippen LogP contribution in [0, 0.1) is 11.8 Å². The Hall–Kier alpha value is -3.94. The quantitative estimate of drug-likeness (QED) is 0.0942. The topological polar surface area (TPSA) is 59.1 Å². The van der Waals surface area contributed by atoms with Crippen molar-refractivity contribution < 1.29 is 19.1 Å². The molecule has 284 valence electrons. The van der Waals surface area contributed by atoms with Gasteiger partial charge in [0.15, 0.2) is 0 Å². The number of hydrogen-bond donors (Lipinski definition) is 0. The monoisotopic (exact) mass is 766 g/mol. The minimum absolute atomic E-state index is 0.0782. The van der Waals surface area contributed by atoms with Crippen LogP contribution in [0.2, 0.25) is 10.0 Å². The summed E-state index contributed by atoms with van der Waals surface area (Å²) >= 11 is 12.7. The standard InChI is InChI=1S/C46H52Cl2N2O4/c1-45(33-13-7-5-8-14-33,35-19-23-37(47)24-20-35)39(41-17-11-29-49(41)3)31-53-43(51)27-28-44(52)54-32-40(42-18-12-30-50(42)4)46(2,34-15-9-6-10-16-34)36-21-25-38(48)26-22-36/h5-10,13-16,19-28,39-42H,11-12,17-18,29-32H2,1-4H3/b28-27+. The Morgan fingerprint density at radius 3 is 1.26 bits per heavy atom. The molecule has 0 N–H and O–H groups in total. The number of likely N-dealkylation sites (tertiary alicyclic amines) is 2. The second kappa shape index (κ2) is 17.7. The molecule has 0 amide bonds. The molecule has 2 saturated heterocycles. The Labute approximate surface area is 331 Å². The van der Waals surface area contributed by atoms with Gasteiger partial charge in [-0.1, -0.05) is 122 Å². The van der Waals surface area contributed by atoms with E-state index in [4.69, 9.17) is 32.7 Å². The third-order valence-corrected chi connectivity index (χ3v) is 12.9. The highest BCUT2D eigenvalue weighted by molar-refractivity contribution is 6.30. The number of carbonyl (C=O) groups excluding carboxylic acids is 2. The van der Waals surface area contributed by atoms with Gasteiger partial charge < -0.3 is 19.3 Å². The molecular formula is C46H52Cl2N2O4. The molecule has 6 unspecified atom stereocenters. The summed E-state index contributed by atoms with van der Waals surface area (Å²) in [5, 5.41) is 1.34. The van der Waals surface area contributed by atoms with Gasteiger partial charge in [0.25, 0.3) is 0 Å². The lowest BCUT2D eigenvalue weighted by molar-refractivity contribution is -0.143. The molecule has 4 aromatic carbocycles. The summed E-state index contributed by atoms with van der Waals surface area (Å²) in [6, 6.07) is 37.1. The van der Waals surface area contributed by atoms with E-state index in [1.807, 2.05) is 60.7 Å². The maximum absolute atomic E-state index is 13.4. The summed E-state index contributed by atoms with van der Waals surface area (Å²) in [7, 11) is 4.28. The van der Waals surface area contributed by atoms with E-state index in [0.717, 1.165) is 61.0 Å². The second-order valence-electron chi connectivity index (χ2n) is 15.3. The highest BCUT2D eigenvalue weighted by Crippen LogP contribution is 2.46. The van der Waals surface area contributed by atoms with Crippen molar-refractivity contribution in [1.82, 2.24) is 9.80 Å². The van der Waals surface area contributed by atoms with Crippen molar-refractivity contribution in [1.29, 1.82) is 0 Å². The highest BCUT2D eigenvalue weighted by atomic mass is 35.5. The number of nitrogens with zero attached hydrogens (tertiary/aromatic N) is 2. The molecule has 4 aromatic rings. The van der Waals surface area contributed by atoms with Crippen molar-refractivity contribution in [3.8, 4) is 0 Å². The molecule has 2 fully saturated rings. The predicted octanol–water partition coefficient (Wildman–Crippen LogP) is 9.37. The molecule has 6 atom stereocenters. The van der Waals surface area contributed by atoms with Gasteiger partial charge in [0.1, 0.15) is 0 Å². The first-order chi connectivity index (χ1) is 26.0. The third kappa shape index (κ3) is 8.63. The van der Waals surface area contributed by atoms with E-state index in [-0.39, 0.29) is 37.1 Å². The maximum atomic E-state index is 13.4. The Kier molecular flexibility index (Phi) is 13.0. The minimum Gasteiger partial charge on any atom is -0.462 e. The molecule has 8 heteroatoms. The summed E-state index contributed by atoms with van der Waals surface area (Å²) in [5.74, 6) is -1.31. The van der Waals surface area contributed by atoms with Crippen LogP contribution in [0.1, 0.15) is 61.8 Å². The average molecular weight is 768 g/mol. The van der Waals surface area contributed by atoms with Crippen molar-refractivity contribution in [2.45, 2.75) is 62.4 Å². The molecule has 54 heavy (non-hydrogen) atoms. The average Bonchev–Trinajstić information content (AvgIpc) is 3.82. The van der Waals surface area contributed by atoms with E-state index in [1.54, 1.807) is 0 Å². The summed E-state index contributed by atoms with van der Waals surface area (Å²) in [6.07, 6.45) is 6.53. The van der Waals surface area contributed by atoms with Gasteiger partial charge in [-0.25, -0.2) is 9.59 Å². The molecular weight excluding hydrogens is 715 g/mol.